The Morgan fingerprint density at radius 3 is 2.73 bits per heavy atom. The van der Waals surface area contributed by atoms with Gasteiger partial charge in [-0.25, -0.2) is 4.98 Å². The van der Waals surface area contributed by atoms with Gasteiger partial charge in [-0.2, -0.15) is 0 Å². The van der Waals surface area contributed by atoms with Gasteiger partial charge in [0.2, 0.25) is 5.91 Å². The van der Waals surface area contributed by atoms with Gasteiger partial charge in [0.25, 0.3) is 5.56 Å². The van der Waals surface area contributed by atoms with E-state index in [1.54, 1.807) is 48.5 Å². The van der Waals surface area contributed by atoms with E-state index in [1.807, 2.05) is 6.07 Å². The Hall–Kier alpha value is -2.22. The molecule has 3 rings (SSSR count). The Kier molecular flexibility index (Phi) is 5.70. The molecule has 134 valence electrons. The zero-order valence-electron chi connectivity index (χ0n) is 13.9. The molecule has 0 aliphatic rings. The number of amides is 1. The van der Waals surface area contributed by atoms with Gasteiger partial charge < -0.3 is 5.32 Å². The van der Waals surface area contributed by atoms with Crippen LogP contribution in [-0.4, -0.2) is 33.8 Å². The molecule has 26 heavy (non-hydrogen) atoms. The lowest BCUT2D eigenvalue weighted by Gasteiger charge is -2.16. The van der Waals surface area contributed by atoms with Crippen LogP contribution in [-0.2, 0) is 11.3 Å². The maximum Gasteiger partial charge on any atom is 0.258 e. The number of halogens is 2. The summed E-state index contributed by atoms with van der Waals surface area (Å²) in [6.07, 6.45) is 1.68. The minimum atomic E-state index is -0.162. The molecule has 0 unspecified atom stereocenters. The number of likely N-dealkylation sites (N-methyl/N-ethyl adjacent to an activating group) is 1. The molecule has 2 aromatic heterocycles. The molecular formula is C18H16BrClN4O2. The molecule has 1 amide bonds. The first-order valence-corrected chi connectivity index (χ1v) is 8.99. The lowest BCUT2D eigenvalue weighted by molar-refractivity contribution is -0.117. The molecule has 0 radical (unpaired) electrons. The van der Waals surface area contributed by atoms with Crippen LogP contribution in [0.4, 0.5) is 5.69 Å². The third-order valence-corrected chi connectivity index (χ3v) is 4.37. The van der Waals surface area contributed by atoms with Crippen LogP contribution in [0.3, 0.4) is 0 Å². The maximum atomic E-state index is 12.2. The molecule has 2 heterocycles. The predicted octanol–water partition coefficient (Wildman–Crippen LogP) is 3.18. The normalized spacial score (nSPS) is 11.1. The van der Waals surface area contributed by atoms with Crippen molar-refractivity contribution in [2.24, 2.45) is 0 Å². The molecule has 1 aromatic carbocycles. The lowest BCUT2D eigenvalue weighted by atomic mass is 10.3. The second-order valence-electron chi connectivity index (χ2n) is 5.89. The highest BCUT2D eigenvalue weighted by molar-refractivity contribution is 9.10. The highest BCUT2D eigenvalue weighted by Gasteiger charge is 2.10. The number of hydrogen-bond acceptors (Lipinski definition) is 4. The van der Waals surface area contributed by atoms with E-state index in [-0.39, 0.29) is 18.0 Å². The van der Waals surface area contributed by atoms with E-state index in [0.717, 1.165) is 4.47 Å². The Balaban J connectivity index is 1.65. The number of fused-ring (bicyclic) bond motifs is 1. The summed E-state index contributed by atoms with van der Waals surface area (Å²) in [5, 5.41) is 3.41. The van der Waals surface area contributed by atoms with Crippen molar-refractivity contribution < 1.29 is 4.79 Å². The Morgan fingerprint density at radius 1 is 1.27 bits per heavy atom. The first-order valence-electron chi connectivity index (χ1n) is 7.82. The smallest absolute Gasteiger partial charge is 0.258 e. The third-order valence-electron chi connectivity index (χ3n) is 3.65. The van der Waals surface area contributed by atoms with Crippen molar-refractivity contribution in [3.8, 4) is 0 Å². The summed E-state index contributed by atoms with van der Waals surface area (Å²) >= 11 is 9.16. The van der Waals surface area contributed by atoms with E-state index in [4.69, 9.17) is 11.6 Å². The Bertz CT molecular complexity index is 1000. The van der Waals surface area contributed by atoms with E-state index in [9.17, 15) is 9.59 Å². The van der Waals surface area contributed by atoms with Gasteiger partial charge in [-0.15, -0.1) is 0 Å². The van der Waals surface area contributed by atoms with Crippen LogP contribution in [0.25, 0.3) is 5.65 Å². The molecular weight excluding hydrogens is 420 g/mol. The van der Waals surface area contributed by atoms with E-state index < -0.39 is 0 Å². The topological polar surface area (TPSA) is 66.7 Å². The quantitative estimate of drug-likeness (QED) is 0.668. The van der Waals surface area contributed by atoms with Crippen LogP contribution in [0, 0.1) is 0 Å². The number of pyridine rings is 1. The van der Waals surface area contributed by atoms with Crippen LogP contribution in [0.15, 0.2) is 57.9 Å². The molecule has 6 nitrogen and oxygen atoms in total. The molecule has 0 saturated heterocycles. The number of hydrogen-bond donors (Lipinski definition) is 1. The minimum Gasteiger partial charge on any atom is -0.325 e. The van der Waals surface area contributed by atoms with E-state index in [2.05, 4.69) is 26.2 Å². The monoisotopic (exact) mass is 434 g/mol. The van der Waals surface area contributed by atoms with Gasteiger partial charge in [-0.1, -0.05) is 11.6 Å². The van der Waals surface area contributed by atoms with Crippen molar-refractivity contribution >= 4 is 44.8 Å². The molecule has 8 heteroatoms. The summed E-state index contributed by atoms with van der Waals surface area (Å²) in [6, 6.07) is 12.0. The molecule has 0 aliphatic carbocycles. The van der Waals surface area contributed by atoms with E-state index in [1.165, 1.54) is 10.5 Å². The SMILES string of the molecule is CN(CC(=O)Nc1ccc(Cl)cc1)Cc1cc(=O)n2cc(Br)ccc2n1. The van der Waals surface area contributed by atoms with Gasteiger partial charge >= 0.3 is 0 Å². The van der Waals surface area contributed by atoms with Crippen LogP contribution < -0.4 is 10.9 Å². The molecule has 0 aliphatic heterocycles. The number of nitrogens with zero attached hydrogens (tertiary/aromatic N) is 3. The summed E-state index contributed by atoms with van der Waals surface area (Å²) in [6.45, 7) is 0.555. The third kappa shape index (κ3) is 4.69. The highest BCUT2D eigenvalue weighted by Crippen LogP contribution is 2.13. The number of rotatable bonds is 5. The number of anilines is 1. The molecule has 0 bridgehead atoms. The Labute approximate surface area is 163 Å². The van der Waals surface area contributed by atoms with Gasteiger partial charge in [0.15, 0.2) is 0 Å². The van der Waals surface area contributed by atoms with E-state index >= 15 is 0 Å². The van der Waals surface area contributed by atoms with Crippen LogP contribution in [0.1, 0.15) is 5.69 Å². The second kappa shape index (κ2) is 7.99. The van der Waals surface area contributed by atoms with Crippen LogP contribution >= 0.6 is 27.5 Å². The van der Waals surface area contributed by atoms with Gasteiger partial charge in [0.1, 0.15) is 5.65 Å². The first-order chi connectivity index (χ1) is 12.4. The number of carbonyl (C=O) groups is 1. The molecule has 0 fully saturated rings. The van der Waals surface area contributed by atoms with Crippen molar-refractivity contribution in [1.29, 1.82) is 0 Å². The summed E-state index contributed by atoms with van der Waals surface area (Å²) < 4.78 is 2.28. The fourth-order valence-corrected chi connectivity index (χ4v) is 2.98. The number of nitrogens with one attached hydrogen (secondary N) is 1. The van der Waals surface area contributed by atoms with Crippen molar-refractivity contribution in [1.82, 2.24) is 14.3 Å². The minimum absolute atomic E-state index is 0.156. The summed E-state index contributed by atoms with van der Waals surface area (Å²) in [4.78, 5) is 30.6. The first kappa shape index (κ1) is 18.6. The molecule has 3 aromatic rings. The second-order valence-corrected chi connectivity index (χ2v) is 7.24. The largest absolute Gasteiger partial charge is 0.325 e. The summed E-state index contributed by atoms with van der Waals surface area (Å²) in [5.74, 6) is -0.156. The molecule has 0 spiro atoms. The lowest BCUT2D eigenvalue weighted by Crippen LogP contribution is -2.30. The fourth-order valence-electron chi connectivity index (χ4n) is 2.52. The average Bonchev–Trinajstić information content (AvgIpc) is 2.57. The standard InChI is InChI=1S/C18H16BrClN4O2/c1-23(11-17(25)22-14-5-3-13(20)4-6-14)10-15-8-18(26)24-9-12(19)2-7-16(24)21-15/h2-9H,10-11H2,1H3,(H,22,25). The molecule has 0 saturated carbocycles. The Morgan fingerprint density at radius 2 is 2.00 bits per heavy atom. The maximum absolute atomic E-state index is 12.2. The van der Waals surface area contributed by atoms with Gasteiger partial charge in [-0.05, 0) is 59.4 Å². The van der Waals surface area contributed by atoms with Crippen molar-refractivity contribution in [2.45, 2.75) is 6.54 Å². The van der Waals surface area contributed by atoms with Crippen molar-refractivity contribution in [3.63, 3.8) is 0 Å². The van der Waals surface area contributed by atoms with Gasteiger partial charge in [0.05, 0.1) is 12.2 Å². The predicted molar refractivity (Wildman–Crippen MR) is 106 cm³/mol. The number of aromatic nitrogens is 2. The van der Waals surface area contributed by atoms with Crippen molar-refractivity contribution in [2.75, 3.05) is 18.9 Å². The highest BCUT2D eigenvalue weighted by atomic mass is 79.9. The fraction of sp³-hybridized carbons (Fsp3) is 0.167. The zero-order valence-corrected chi connectivity index (χ0v) is 16.3. The number of benzene rings is 1. The van der Waals surface area contributed by atoms with Crippen molar-refractivity contribution in [3.05, 3.63) is 74.2 Å². The average molecular weight is 436 g/mol. The molecule has 0 atom stereocenters. The van der Waals surface area contributed by atoms with E-state index in [0.29, 0.717) is 28.6 Å². The van der Waals surface area contributed by atoms with Gasteiger partial charge in [-0.3, -0.25) is 18.9 Å². The van der Waals surface area contributed by atoms with Gasteiger partial charge in [0, 0.05) is 34.0 Å². The zero-order chi connectivity index (χ0) is 18.7. The summed E-state index contributed by atoms with van der Waals surface area (Å²) in [5.41, 5.74) is 1.69. The molecule has 1 N–H and O–H groups in total. The van der Waals surface area contributed by atoms with Crippen LogP contribution in [0.5, 0.6) is 0 Å². The van der Waals surface area contributed by atoms with Crippen LogP contribution in [0.2, 0.25) is 5.02 Å². The number of carbonyl (C=O) groups excluding carboxylic acids is 1. The summed E-state index contributed by atoms with van der Waals surface area (Å²) in [7, 11) is 1.80.